The first-order valence-corrected chi connectivity index (χ1v) is 11.8. The molecule has 1 saturated heterocycles. The average molecular weight is 513 g/mol. The minimum Gasteiger partial charge on any atom is -0.424 e. The van der Waals surface area contributed by atoms with Gasteiger partial charge in [0, 0.05) is 36.8 Å². The minimum atomic E-state index is -4.70. The van der Waals surface area contributed by atoms with Crippen molar-refractivity contribution < 1.29 is 22.3 Å². The third-order valence-electron chi connectivity index (χ3n) is 6.33. The van der Waals surface area contributed by atoms with Crippen molar-refractivity contribution in [1.82, 2.24) is 19.7 Å². The van der Waals surface area contributed by atoms with Crippen LogP contribution in [0.2, 0.25) is 0 Å². The lowest BCUT2D eigenvalue weighted by molar-refractivity contribution is -0.137. The second-order valence-electron chi connectivity index (χ2n) is 9.42. The van der Waals surface area contributed by atoms with Crippen LogP contribution in [-0.4, -0.2) is 43.8 Å². The molecule has 0 amide bonds. The predicted octanol–water partition coefficient (Wildman–Crippen LogP) is 5.12. The smallest absolute Gasteiger partial charge is 0.416 e. The van der Waals surface area contributed by atoms with Gasteiger partial charge in [0.2, 0.25) is 5.95 Å². The number of likely N-dealkylation sites (tertiary alicyclic amines) is 1. The molecule has 1 aliphatic heterocycles. The summed E-state index contributed by atoms with van der Waals surface area (Å²) in [5.41, 5.74) is 5.30. The van der Waals surface area contributed by atoms with E-state index in [1.54, 1.807) is 13.0 Å². The third kappa shape index (κ3) is 5.68. The van der Waals surface area contributed by atoms with E-state index in [1.165, 1.54) is 4.68 Å². The molecule has 4 rings (SSSR count). The van der Waals surface area contributed by atoms with E-state index in [9.17, 15) is 17.6 Å². The SMILES string of the molecule is CC(N)=CC(=S)N1CC2CC[C@@H](Nc3nc(Oc4cc(F)cc(C(F)(F)F)c4)n(C(C)C)n3)[C@@H]2C1. The first kappa shape index (κ1) is 25.2. The van der Waals surface area contributed by atoms with Gasteiger partial charge in [-0.25, -0.2) is 9.07 Å². The maximum Gasteiger partial charge on any atom is 0.416 e. The third-order valence-corrected chi connectivity index (χ3v) is 6.71. The highest BCUT2D eigenvalue weighted by atomic mass is 32.1. The summed E-state index contributed by atoms with van der Waals surface area (Å²) in [6, 6.07) is 1.95. The molecular formula is C23H28F4N6OS. The summed E-state index contributed by atoms with van der Waals surface area (Å²) in [4.78, 5) is 7.25. The number of nitrogens with one attached hydrogen (secondary N) is 1. The van der Waals surface area contributed by atoms with Crippen molar-refractivity contribution in [2.75, 3.05) is 18.4 Å². The number of hydrogen-bond acceptors (Lipinski definition) is 6. The Kier molecular flexibility index (Phi) is 6.94. The van der Waals surface area contributed by atoms with Crippen molar-refractivity contribution in [3.05, 3.63) is 41.4 Å². The van der Waals surface area contributed by atoms with E-state index in [1.807, 2.05) is 13.8 Å². The van der Waals surface area contributed by atoms with Crippen molar-refractivity contribution in [2.24, 2.45) is 17.6 Å². The Hall–Kier alpha value is -2.89. The molecule has 2 aromatic rings. The molecular weight excluding hydrogens is 484 g/mol. The lowest BCUT2D eigenvalue weighted by Crippen LogP contribution is -2.32. The fourth-order valence-electron chi connectivity index (χ4n) is 4.74. The molecule has 2 fully saturated rings. The van der Waals surface area contributed by atoms with Gasteiger partial charge in [-0.2, -0.15) is 18.2 Å². The number of hydrogen-bond donors (Lipinski definition) is 2. The van der Waals surface area contributed by atoms with E-state index in [-0.39, 0.29) is 23.8 Å². The molecule has 0 bridgehead atoms. The van der Waals surface area contributed by atoms with Crippen LogP contribution in [0, 0.1) is 17.7 Å². The highest BCUT2D eigenvalue weighted by Gasteiger charge is 2.43. The second-order valence-corrected chi connectivity index (χ2v) is 9.83. The van der Waals surface area contributed by atoms with Crippen molar-refractivity contribution >= 4 is 23.2 Å². The van der Waals surface area contributed by atoms with Crippen LogP contribution < -0.4 is 15.8 Å². The Bertz CT molecular complexity index is 1130. The second kappa shape index (κ2) is 9.63. The number of anilines is 1. The summed E-state index contributed by atoms with van der Waals surface area (Å²) in [6.45, 7) is 7.15. The average Bonchev–Trinajstić information content (AvgIpc) is 3.42. The van der Waals surface area contributed by atoms with Gasteiger partial charge in [0.05, 0.1) is 11.6 Å². The minimum absolute atomic E-state index is 0.0199. The largest absolute Gasteiger partial charge is 0.424 e. The number of benzene rings is 1. The highest BCUT2D eigenvalue weighted by Crippen LogP contribution is 2.40. The van der Waals surface area contributed by atoms with Crippen molar-refractivity contribution in [3.63, 3.8) is 0 Å². The van der Waals surface area contributed by atoms with Gasteiger partial charge in [-0.15, -0.1) is 5.10 Å². The lowest BCUT2D eigenvalue weighted by Gasteiger charge is -2.22. The molecule has 7 nitrogen and oxygen atoms in total. The number of nitrogens with two attached hydrogens (primary N) is 1. The first-order valence-electron chi connectivity index (χ1n) is 11.4. The fraction of sp³-hybridized carbons (Fsp3) is 0.522. The predicted molar refractivity (Wildman–Crippen MR) is 128 cm³/mol. The summed E-state index contributed by atoms with van der Waals surface area (Å²) < 4.78 is 60.1. The number of fused-ring (bicyclic) bond motifs is 1. The van der Waals surface area contributed by atoms with Crippen molar-refractivity contribution in [3.8, 4) is 11.8 Å². The van der Waals surface area contributed by atoms with Crippen LogP contribution in [0.4, 0.5) is 23.5 Å². The van der Waals surface area contributed by atoms with Crippen LogP contribution in [0.3, 0.4) is 0 Å². The monoisotopic (exact) mass is 512 g/mol. The summed E-state index contributed by atoms with van der Waals surface area (Å²) in [5, 5.41) is 7.83. The van der Waals surface area contributed by atoms with E-state index in [2.05, 4.69) is 20.3 Å². The number of rotatable bonds is 6. The molecule has 3 atom stereocenters. The number of allylic oxidation sites excluding steroid dienone is 1. The zero-order chi connectivity index (χ0) is 25.5. The summed E-state index contributed by atoms with van der Waals surface area (Å²) in [6.07, 6.45) is -0.934. The normalized spacial score (nSPS) is 22.6. The molecule has 190 valence electrons. The molecule has 1 unspecified atom stereocenters. The zero-order valence-electron chi connectivity index (χ0n) is 19.6. The van der Waals surface area contributed by atoms with Gasteiger partial charge in [0.1, 0.15) is 16.6 Å². The maximum absolute atomic E-state index is 13.8. The van der Waals surface area contributed by atoms with Crippen LogP contribution in [0.25, 0.3) is 0 Å². The Balaban J connectivity index is 1.51. The molecule has 1 saturated carbocycles. The van der Waals surface area contributed by atoms with Gasteiger partial charge in [-0.1, -0.05) is 12.2 Å². The van der Waals surface area contributed by atoms with E-state index >= 15 is 0 Å². The van der Waals surface area contributed by atoms with E-state index < -0.39 is 17.6 Å². The van der Waals surface area contributed by atoms with Gasteiger partial charge in [0.15, 0.2) is 0 Å². The van der Waals surface area contributed by atoms with Gasteiger partial charge in [-0.3, -0.25) is 0 Å². The number of ether oxygens (including phenoxy) is 1. The molecule has 0 radical (unpaired) electrons. The van der Waals surface area contributed by atoms with Gasteiger partial charge < -0.3 is 20.7 Å². The maximum atomic E-state index is 13.8. The standard InChI is InChI=1S/C23H28F4N6OS/c1-12(2)33-22(34-17-8-15(23(25,26)27)7-16(24)9-17)30-21(31-33)29-19-5-4-14-10-32(11-18(14)19)20(35)6-13(3)28/h6-9,12,14,18-19H,4-5,10-11,28H2,1-3H3,(H,29,31)/t14?,18-,19-/m1/s1. The first-order chi connectivity index (χ1) is 16.4. The summed E-state index contributed by atoms with van der Waals surface area (Å²) in [5.74, 6) is -0.225. The molecule has 2 aliphatic rings. The molecule has 1 aromatic carbocycles. The highest BCUT2D eigenvalue weighted by molar-refractivity contribution is 7.80. The topological polar surface area (TPSA) is 81.2 Å². The number of halogens is 4. The Labute approximate surface area is 206 Å². The molecule has 3 N–H and O–H groups in total. The summed E-state index contributed by atoms with van der Waals surface area (Å²) in [7, 11) is 0. The van der Waals surface area contributed by atoms with Crippen LogP contribution in [0.1, 0.15) is 45.2 Å². The molecule has 0 spiro atoms. The number of aromatic nitrogens is 3. The van der Waals surface area contributed by atoms with Gasteiger partial charge >= 0.3 is 12.2 Å². The van der Waals surface area contributed by atoms with Gasteiger partial charge in [-0.05, 0) is 57.7 Å². The quantitative estimate of drug-likeness (QED) is 0.316. The molecule has 1 aliphatic carbocycles. The van der Waals surface area contributed by atoms with E-state index in [4.69, 9.17) is 22.7 Å². The molecule has 35 heavy (non-hydrogen) atoms. The Morgan fingerprint density at radius 3 is 2.66 bits per heavy atom. The van der Waals surface area contributed by atoms with Crippen molar-refractivity contribution in [2.45, 2.75) is 51.9 Å². The van der Waals surface area contributed by atoms with E-state index in [0.717, 1.165) is 43.1 Å². The zero-order valence-corrected chi connectivity index (χ0v) is 20.5. The summed E-state index contributed by atoms with van der Waals surface area (Å²) >= 11 is 5.50. The van der Waals surface area contributed by atoms with E-state index in [0.29, 0.717) is 29.5 Å². The van der Waals surface area contributed by atoms with Crippen LogP contribution in [0.5, 0.6) is 11.8 Å². The van der Waals surface area contributed by atoms with Crippen LogP contribution >= 0.6 is 12.2 Å². The number of nitrogens with zero attached hydrogens (tertiary/aromatic N) is 4. The van der Waals surface area contributed by atoms with Gasteiger partial charge in [0.25, 0.3) is 0 Å². The van der Waals surface area contributed by atoms with Crippen molar-refractivity contribution in [1.29, 1.82) is 0 Å². The lowest BCUT2D eigenvalue weighted by atomic mass is 9.98. The fourth-order valence-corrected chi connectivity index (χ4v) is 5.08. The molecule has 2 heterocycles. The van der Waals surface area contributed by atoms with Crippen LogP contribution in [0.15, 0.2) is 30.0 Å². The molecule has 1 aromatic heterocycles. The Morgan fingerprint density at radius 1 is 1.26 bits per heavy atom. The van der Waals surface area contributed by atoms with Crippen LogP contribution in [-0.2, 0) is 6.18 Å². The number of alkyl halides is 3. The number of thiocarbonyl (C=S) groups is 1. The Morgan fingerprint density at radius 2 is 2.00 bits per heavy atom. The molecule has 12 heteroatoms.